The van der Waals surface area contributed by atoms with Gasteiger partial charge in [0, 0.05) is 18.4 Å². The highest BCUT2D eigenvalue weighted by Crippen LogP contribution is 2.32. The Bertz CT molecular complexity index is 1280. The monoisotopic (exact) mass is 394 g/mol. The van der Waals surface area contributed by atoms with E-state index < -0.39 is 5.91 Å². The van der Waals surface area contributed by atoms with E-state index in [2.05, 4.69) is 15.3 Å². The molecule has 1 N–H and O–H groups in total. The molecule has 142 valence electrons. The van der Waals surface area contributed by atoms with Crippen molar-refractivity contribution in [1.82, 2.24) is 14.5 Å². The van der Waals surface area contributed by atoms with Gasteiger partial charge in [0.2, 0.25) is 5.43 Å². The van der Waals surface area contributed by atoms with Crippen LogP contribution in [0.3, 0.4) is 0 Å². The van der Waals surface area contributed by atoms with Crippen LogP contribution in [0.15, 0.2) is 41.3 Å². The van der Waals surface area contributed by atoms with Crippen molar-refractivity contribution in [3.8, 4) is 5.75 Å². The van der Waals surface area contributed by atoms with E-state index in [9.17, 15) is 9.59 Å². The molecule has 3 heterocycles. The van der Waals surface area contributed by atoms with Crippen LogP contribution in [0.2, 0.25) is 0 Å². The second-order valence-electron chi connectivity index (χ2n) is 6.26. The Kier molecular flexibility index (Phi) is 4.56. The first-order valence-electron chi connectivity index (χ1n) is 8.77. The third-order valence-electron chi connectivity index (χ3n) is 4.47. The largest absolute Gasteiger partial charge is 0.494 e. The third-order valence-corrected chi connectivity index (χ3v) is 5.40. The number of pyridine rings is 2. The van der Waals surface area contributed by atoms with Gasteiger partial charge in [-0.25, -0.2) is 9.97 Å². The summed E-state index contributed by atoms with van der Waals surface area (Å²) >= 11 is 1.33. The normalized spacial score (nSPS) is 11.1. The van der Waals surface area contributed by atoms with Gasteiger partial charge in [-0.3, -0.25) is 14.9 Å². The fraction of sp³-hybridized carbons (Fsp3) is 0.200. The third kappa shape index (κ3) is 3.01. The number of ether oxygens (including phenoxy) is 1. The molecule has 0 aliphatic rings. The zero-order valence-corrected chi connectivity index (χ0v) is 16.5. The highest BCUT2D eigenvalue weighted by Gasteiger charge is 2.18. The smallest absolute Gasteiger partial charge is 0.262 e. The molecule has 3 aromatic heterocycles. The summed E-state index contributed by atoms with van der Waals surface area (Å²) in [5.41, 5.74) is 1.78. The van der Waals surface area contributed by atoms with Crippen LogP contribution in [0.5, 0.6) is 5.75 Å². The van der Waals surface area contributed by atoms with E-state index in [4.69, 9.17) is 4.74 Å². The van der Waals surface area contributed by atoms with Gasteiger partial charge in [0.25, 0.3) is 5.91 Å². The van der Waals surface area contributed by atoms with Crippen molar-refractivity contribution in [3.63, 3.8) is 0 Å². The summed E-state index contributed by atoms with van der Waals surface area (Å²) < 4.78 is 8.00. The van der Waals surface area contributed by atoms with Crippen molar-refractivity contribution >= 4 is 43.6 Å². The van der Waals surface area contributed by atoms with E-state index in [1.165, 1.54) is 11.3 Å². The number of hydrogen-bond donors (Lipinski definition) is 1. The summed E-state index contributed by atoms with van der Waals surface area (Å²) in [5, 5.41) is 3.58. The van der Waals surface area contributed by atoms with E-state index >= 15 is 0 Å². The summed E-state index contributed by atoms with van der Waals surface area (Å²) in [5.74, 6) is 0.141. The van der Waals surface area contributed by atoms with Gasteiger partial charge >= 0.3 is 0 Å². The molecule has 0 aliphatic heterocycles. The number of rotatable bonds is 4. The fourth-order valence-electron chi connectivity index (χ4n) is 3.07. The quantitative estimate of drug-likeness (QED) is 0.572. The Hall–Kier alpha value is -3.26. The molecular weight excluding hydrogens is 376 g/mol. The average Bonchev–Trinajstić information content (AvgIpc) is 3.10. The van der Waals surface area contributed by atoms with Crippen LogP contribution >= 0.6 is 11.3 Å². The first-order valence-corrected chi connectivity index (χ1v) is 9.59. The van der Waals surface area contributed by atoms with Crippen LogP contribution in [0.4, 0.5) is 5.13 Å². The first kappa shape index (κ1) is 18.1. The molecule has 0 fully saturated rings. The van der Waals surface area contributed by atoms with E-state index in [-0.39, 0.29) is 11.0 Å². The first-order chi connectivity index (χ1) is 13.5. The van der Waals surface area contributed by atoms with Gasteiger partial charge in [-0.2, -0.15) is 0 Å². The van der Waals surface area contributed by atoms with Crippen LogP contribution in [-0.2, 0) is 6.54 Å². The minimum atomic E-state index is -0.493. The van der Waals surface area contributed by atoms with Gasteiger partial charge < -0.3 is 9.30 Å². The maximum absolute atomic E-state index is 12.9. The van der Waals surface area contributed by atoms with E-state index in [1.807, 2.05) is 32.0 Å². The lowest BCUT2D eigenvalue weighted by Crippen LogP contribution is -2.24. The van der Waals surface area contributed by atoms with Gasteiger partial charge in [-0.15, -0.1) is 0 Å². The second kappa shape index (κ2) is 7.05. The summed E-state index contributed by atoms with van der Waals surface area (Å²) in [6.07, 6.45) is 1.56. The molecule has 0 atom stereocenters. The van der Waals surface area contributed by atoms with Crippen molar-refractivity contribution in [1.29, 1.82) is 0 Å². The molecule has 1 amide bonds. The standard InChI is InChI=1S/C20H18N4O3S/c1-4-24-10-13(17(25)12-9-8-11(2)21-18(12)24)19(26)23-20-22-16-14(27-3)6-5-7-15(16)28-20/h5-10H,4H2,1-3H3,(H,22,23,26). The van der Waals surface area contributed by atoms with E-state index in [0.29, 0.717) is 34.0 Å². The number of para-hydroxylation sites is 1. The minimum absolute atomic E-state index is 0.0613. The van der Waals surface area contributed by atoms with Crippen LogP contribution in [0.25, 0.3) is 21.3 Å². The molecule has 0 saturated heterocycles. The van der Waals surface area contributed by atoms with Crippen LogP contribution < -0.4 is 15.5 Å². The van der Waals surface area contributed by atoms with Crippen molar-refractivity contribution in [2.24, 2.45) is 0 Å². The number of nitrogens with zero attached hydrogens (tertiary/aromatic N) is 3. The molecule has 0 radical (unpaired) electrons. The van der Waals surface area contributed by atoms with Gasteiger partial charge in [-0.05, 0) is 38.1 Å². The Morgan fingerprint density at radius 1 is 1.25 bits per heavy atom. The predicted molar refractivity (Wildman–Crippen MR) is 111 cm³/mol. The Morgan fingerprint density at radius 3 is 2.82 bits per heavy atom. The second-order valence-corrected chi connectivity index (χ2v) is 7.29. The highest BCUT2D eigenvalue weighted by molar-refractivity contribution is 7.22. The maximum Gasteiger partial charge on any atom is 0.262 e. The molecule has 0 spiro atoms. The van der Waals surface area contributed by atoms with Crippen LogP contribution in [0, 0.1) is 6.92 Å². The number of nitrogens with one attached hydrogen (secondary N) is 1. The number of aryl methyl sites for hydroxylation is 2. The van der Waals surface area contributed by atoms with Gasteiger partial charge in [0.1, 0.15) is 22.5 Å². The molecule has 7 nitrogen and oxygen atoms in total. The minimum Gasteiger partial charge on any atom is -0.494 e. The number of anilines is 1. The number of hydrogen-bond acceptors (Lipinski definition) is 6. The Morgan fingerprint density at radius 2 is 2.07 bits per heavy atom. The van der Waals surface area contributed by atoms with Crippen LogP contribution in [0.1, 0.15) is 23.0 Å². The fourth-order valence-corrected chi connectivity index (χ4v) is 3.95. The van der Waals surface area contributed by atoms with Crippen molar-refractivity contribution in [2.75, 3.05) is 12.4 Å². The molecule has 0 unspecified atom stereocenters. The van der Waals surface area contributed by atoms with Crippen molar-refractivity contribution in [3.05, 3.63) is 58.0 Å². The van der Waals surface area contributed by atoms with Crippen molar-refractivity contribution in [2.45, 2.75) is 20.4 Å². The Labute approximate surface area is 164 Å². The summed E-state index contributed by atoms with van der Waals surface area (Å²) in [6, 6.07) is 9.06. The summed E-state index contributed by atoms with van der Waals surface area (Å²) in [7, 11) is 1.57. The predicted octanol–water partition coefficient (Wildman–Crippen LogP) is 3.60. The van der Waals surface area contributed by atoms with Gasteiger partial charge in [-0.1, -0.05) is 17.4 Å². The molecule has 0 saturated carbocycles. The molecule has 4 aromatic rings. The molecule has 1 aromatic carbocycles. The number of aromatic nitrogens is 3. The average molecular weight is 394 g/mol. The number of benzene rings is 1. The number of methoxy groups -OCH3 is 1. The maximum atomic E-state index is 12.9. The number of carbonyl (C=O) groups is 1. The molecular formula is C20H18N4O3S. The number of amides is 1. The van der Waals surface area contributed by atoms with Gasteiger partial charge in [0.15, 0.2) is 5.13 Å². The lowest BCUT2D eigenvalue weighted by Gasteiger charge is -2.11. The number of fused-ring (bicyclic) bond motifs is 2. The highest BCUT2D eigenvalue weighted by atomic mass is 32.1. The molecule has 4 rings (SSSR count). The zero-order chi connectivity index (χ0) is 19.8. The Balaban J connectivity index is 1.76. The molecule has 0 bridgehead atoms. The topological polar surface area (TPSA) is 86.1 Å². The van der Waals surface area contributed by atoms with Gasteiger partial charge in [0.05, 0.1) is 17.2 Å². The molecule has 0 aliphatic carbocycles. The van der Waals surface area contributed by atoms with Crippen molar-refractivity contribution < 1.29 is 9.53 Å². The molecule has 28 heavy (non-hydrogen) atoms. The summed E-state index contributed by atoms with van der Waals surface area (Å²) in [6.45, 7) is 4.40. The SMILES string of the molecule is CCn1cc(C(=O)Nc2nc3c(OC)cccc3s2)c(=O)c2ccc(C)nc21. The van der Waals surface area contributed by atoms with Crippen LogP contribution in [-0.4, -0.2) is 27.6 Å². The lowest BCUT2D eigenvalue weighted by atomic mass is 10.1. The lowest BCUT2D eigenvalue weighted by molar-refractivity contribution is 0.102. The number of thiazole rings is 1. The zero-order valence-electron chi connectivity index (χ0n) is 15.6. The molecule has 8 heteroatoms. The van der Waals surface area contributed by atoms with E-state index in [1.54, 1.807) is 30.0 Å². The summed E-state index contributed by atoms with van der Waals surface area (Å²) in [4.78, 5) is 34.6. The number of carbonyl (C=O) groups excluding carboxylic acids is 1. The van der Waals surface area contributed by atoms with E-state index in [0.717, 1.165) is 10.4 Å².